The van der Waals surface area contributed by atoms with Crippen molar-refractivity contribution in [2.45, 2.75) is 0 Å². The Morgan fingerprint density at radius 1 is 1.19 bits per heavy atom. The van der Waals surface area contributed by atoms with Gasteiger partial charge in [0.2, 0.25) is 0 Å². The third-order valence-electron chi connectivity index (χ3n) is 2.93. The lowest BCUT2D eigenvalue weighted by molar-refractivity contribution is 0.102. The number of anilines is 1. The third-order valence-corrected chi connectivity index (χ3v) is 3.39. The smallest absolute Gasteiger partial charge is 0.276 e. The molecule has 7 heteroatoms. The van der Waals surface area contributed by atoms with E-state index < -0.39 is 23.2 Å². The average Bonchev–Trinajstić information content (AvgIpc) is 2.86. The number of para-hydroxylation sites is 1. The number of carbonyl (C=O) groups is 1. The number of rotatable bonds is 2. The van der Waals surface area contributed by atoms with Gasteiger partial charge in [-0.05, 0) is 18.2 Å². The maximum atomic E-state index is 13.7. The third kappa shape index (κ3) is 2.52. The molecule has 0 fully saturated rings. The zero-order chi connectivity index (χ0) is 15.0. The molecule has 0 bridgehead atoms. The van der Waals surface area contributed by atoms with Crippen molar-refractivity contribution in [2.24, 2.45) is 0 Å². The number of amides is 1. The first-order valence-electron chi connectivity index (χ1n) is 5.95. The molecule has 3 aromatic rings. The first-order chi connectivity index (χ1) is 10.1. The maximum absolute atomic E-state index is 13.7. The Morgan fingerprint density at radius 3 is 2.57 bits per heavy atom. The number of halogens is 3. The van der Waals surface area contributed by atoms with Crippen molar-refractivity contribution in [1.29, 1.82) is 0 Å². The van der Waals surface area contributed by atoms with Gasteiger partial charge in [0.05, 0.1) is 5.52 Å². The molecule has 0 atom stereocenters. The van der Waals surface area contributed by atoms with Crippen LogP contribution in [-0.2, 0) is 0 Å². The van der Waals surface area contributed by atoms with Crippen LogP contribution in [0.5, 0.6) is 0 Å². The zero-order valence-corrected chi connectivity index (χ0v) is 12.0. The van der Waals surface area contributed by atoms with Gasteiger partial charge in [0, 0.05) is 9.86 Å². The Morgan fingerprint density at radius 2 is 1.86 bits per heavy atom. The van der Waals surface area contributed by atoms with Gasteiger partial charge >= 0.3 is 0 Å². The fraction of sp³-hybridized carbons (Fsp3) is 0. The van der Waals surface area contributed by atoms with Gasteiger partial charge in [-0.2, -0.15) is 5.10 Å². The summed E-state index contributed by atoms with van der Waals surface area (Å²) in [6.45, 7) is 0. The van der Waals surface area contributed by atoms with Crippen LogP contribution in [0.15, 0.2) is 40.9 Å². The molecule has 0 unspecified atom stereocenters. The SMILES string of the molecule is O=C(Nc1c(F)cc(Br)cc1F)c1n[nH]c2ccccc12. The topological polar surface area (TPSA) is 57.8 Å². The molecule has 2 N–H and O–H groups in total. The van der Waals surface area contributed by atoms with Crippen molar-refractivity contribution in [1.82, 2.24) is 10.2 Å². The minimum absolute atomic E-state index is 0.0762. The number of nitrogens with one attached hydrogen (secondary N) is 2. The Kier molecular flexibility index (Phi) is 3.42. The Labute approximate surface area is 126 Å². The highest BCUT2D eigenvalue weighted by atomic mass is 79.9. The van der Waals surface area contributed by atoms with E-state index in [1.807, 2.05) is 0 Å². The molecule has 3 rings (SSSR count). The molecule has 106 valence electrons. The quantitative estimate of drug-likeness (QED) is 0.736. The van der Waals surface area contributed by atoms with Crippen LogP contribution in [0.1, 0.15) is 10.5 Å². The molecule has 0 aliphatic heterocycles. The lowest BCUT2D eigenvalue weighted by atomic mass is 10.2. The largest absolute Gasteiger partial charge is 0.316 e. The van der Waals surface area contributed by atoms with Crippen LogP contribution in [0.3, 0.4) is 0 Å². The number of carbonyl (C=O) groups excluding carboxylic acids is 1. The van der Waals surface area contributed by atoms with E-state index >= 15 is 0 Å². The summed E-state index contributed by atoms with van der Waals surface area (Å²) in [5, 5.41) is 9.35. The van der Waals surface area contributed by atoms with Crippen LogP contribution in [0.25, 0.3) is 10.9 Å². The molecule has 0 saturated heterocycles. The van der Waals surface area contributed by atoms with Gasteiger partial charge in [-0.3, -0.25) is 9.89 Å². The second kappa shape index (κ2) is 5.25. The zero-order valence-electron chi connectivity index (χ0n) is 10.5. The summed E-state index contributed by atoms with van der Waals surface area (Å²) in [6.07, 6.45) is 0. The molecule has 21 heavy (non-hydrogen) atoms. The van der Waals surface area contributed by atoms with Crippen LogP contribution in [0.4, 0.5) is 14.5 Å². The second-order valence-corrected chi connectivity index (χ2v) is 5.23. The van der Waals surface area contributed by atoms with Crippen molar-refractivity contribution in [3.05, 3.63) is 58.2 Å². The Bertz CT molecular complexity index is 824. The number of hydrogen-bond donors (Lipinski definition) is 2. The lowest BCUT2D eigenvalue weighted by Gasteiger charge is -2.07. The van der Waals surface area contributed by atoms with Gasteiger partial charge in [-0.1, -0.05) is 34.1 Å². The molecule has 0 aliphatic carbocycles. The number of fused-ring (bicyclic) bond motifs is 1. The van der Waals surface area contributed by atoms with Gasteiger partial charge in [0.1, 0.15) is 5.69 Å². The summed E-state index contributed by atoms with van der Waals surface area (Å²) in [7, 11) is 0. The molecule has 2 aromatic carbocycles. The maximum Gasteiger partial charge on any atom is 0.276 e. The van der Waals surface area contributed by atoms with Crippen LogP contribution in [0, 0.1) is 11.6 Å². The standard InChI is InChI=1S/C14H8BrF2N3O/c15-7-5-9(16)13(10(17)6-7)18-14(21)12-8-3-1-2-4-11(8)19-20-12/h1-6H,(H,18,21)(H,19,20). The van der Waals surface area contributed by atoms with Crippen LogP contribution in [0.2, 0.25) is 0 Å². The number of nitrogens with zero attached hydrogens (tertiary/aromatic N) is 1. The fourth-order valence-corrected chi connectivity index (χ4v) is 2.37. The summed E-state index contributed by atoms with van der Waals surface area (Å²) in [4.78, 5) is 12.1. The predicted octanol–water partition coefficient (Wildman–Crippen LogP) is 3.86. The monoisotopic (exact) mass is 351 g/mol. The highest BCUT2D eigenvalue weighted by molar-refractivity contribution is 9.10. The van der Waals surface area contributed by atoms with Gasteiger partial charge in [0.15, 0.2) is 17.3 Å². The summed E-state index contributed by atoms with van der Waals surface area (Å²) in [5.74, 6) is -2.42. The molecule has 1 amide bonds. The molecule has 1 aromatic heterocycles. The molecule has 0 aliphatic rings. The highest BCUT2D eigenvalue weighted by Crippen LogP contribution is 2.25. The van der Waals surface area contributed by atoms with Crippen LogP contribution >= 0.6 is 15.9 Å². The molecular weight excluding hydrogens is 344 g/mol. The van der Waals surface area contributed by atoms with Crippen molar-refractivity contribution in [3.8, 4) is 0 Å². The molecular formula is C14H8BrF2N3O. The van der Waals surface area contributed by atoms with Crippen molar-refractivity contribution in [3.63, 3.8) is 0 Å². The lowest BCUT2D eigenvalue weighted by Crippen LogP contribution is -2.15. The van der Waals surface area contributed by atoms with Crippen LogP contribution in [-0.4, -0.2) is 16.1 Å². The van der Waals surface area contributed by atoms with E-state index in [-0.39, 0.29) is 10.2 Å². The van der Waals surface area contributed by atoms with E-state index in [0.29, 0.717) is 10.9 Å². The van der Waals surface area contributed by atoms with Gasteiger partial charge < -0.3 is 5.32 Å². The molecule has 0 saturated carbocycles. The number of benzene rings is 2. The Hall–Kier alpha value is -2.28. The van der Waals surface area contributed by atoms with Gasteiger partial charge in [-0.15, -0.1) is 0 Å². The van der Waals surface area contributed by atoms with Crippen molar-refractivity contribution < 1.29 is 13.6 Å². The van der Waals surface area contributed by atoms with E-state index in [1.54, 1.807) is 24.3 Å². The minimum Gasteiger partial charge on any atom is -0.316 e. The number of aromatic amines is 1. The van der Waals surface area contributed by atoms with Gasteiger partial charge in [-0.25, -0.2) is 8.78 Å². The normalized spacial score (nSPS) is 10.8. The van der Waals surface area contributed by atoms with Crippen molar-refractivity contribution >= 4 is 38.4 Å². The second-order valence-electron chi connectivity index (χ2n) is 4.32. The number of H-pyrrole nitrogens is 1. The van der Waals surface area contributed by atoms with E-state index in [9.17, 15) is 13.6 Å². The van der Waals surface area contributed by atoms with Gasteiger partial charge in [0.25, 0.3) is 5.91 Å². The summed E-state index contributed by atoms with van der Waals surface area (Å²) in [5.41, 5.74) is 0.238. The molecule has 0 radical (unpaired) electrons. The summed E-state index contributed by atoms with van der Waals surface area (Å²) in [6, 6.07) is 9.12. The fourth-order valence-electron chi connectivity index (χ4n) is 1.97. The van der Waals surface area contributed by atoms with E-state index in [1.165, 1.54) is 0 Å². The van der Waals surface area contributed by atoms with E-state index in [4.69, 9.17) is 0 Å². The minimum atomic E-state index is -0.866. The first-order valence-corrected chi connectivity index (χ1v) is 6.74. The number of hydrogen-bond acceptors (Lipinski definition) is 2. The average molecular weight is 352 g/mol. The molecule has 1 heterocycles. The summed E-state index contributed by atoms with van der Waals surface area (Å²) >= 11 is 2.97. The Balaban J connectivity index is 1.97. The van der Waals surface area contributed by atoms with Crippen molar-refractivity contribution in [2.75, 3.05) is 5.32 Å². The number of aromatic nitrogens is 2. The predicted molar refractivity (Wildman–Crippen MR) is 78.1 cm³/mol. The summed E-state index contributed by atoms with van der Waals surface area (Å²) < 4.78 is 27.7. The highest BCUT2D eigenvalue weighted by Gasteiger charge is 2.18. The van der Waals surface area contributed by atoms with E-state index in [0.717, 1.165) is 12.1 Å². The molecule has 0 spiro atoms. The van der Waals surface area contributed by atoms with Crippen LogP contribution < -0.4 is 5.32 Å². The first kappa shape index (κ1) is 13.7. The van der Waals surface area contributed by atoms with E-state index in [2.05, 4.69) is 31.4 Å². The molecule has 4 nitrogen and oxygen atoms in total.